The predicted molar refractivity (Wildman–Crippen MR) is 114 cm³/mol. The summed E-state index contributed by atoms with van der Waals surface area (Å²) in [4.78, 5) is 15.6. The minimum Gasteiger partial charge on any atom is -0.368 e. The van der Waals surface area contributed by atoms with Crippen molar-refractivity contribution < 1.29 is 8.78 Å². The lowest BCUT2D eigenvalue weighted by atomic mass is 9.92. The molecule has 154 valence electrons. The number of nitrogens with one attached hydrogen (secondary N) is 2. The van der Waals surface area contributed by atoms with Gasteiger partial charge in [0.2, 0.25) is 0 Å². The van der Waals surface area contributed by atoms with Crippen LogP contribution in [0.2, 0.25) is 0 Å². The number of imidazole rings is 1. The predicted octanol–water partition coefficient (Wildman–Crippen LogP) is 4.20. The fraction of sp³-hybridized carbons (Fsp3) is 0.136. The number of hydrogen-bond acceptors (Lipinski definition) is 6. The second-order valence-electron chi connectivity index (χ2n) is 7.18. The van der Waals surface area contributed by atoms with Crippen molar-refractivity contribution in [3.63, 3.8) is 0 Å². The molecule has 0 aliphatic heterocycles. The van der Waals surface area contributed by atoms with Crippen LogP contribution in [0.15, 0.2) is 49.2 Å². The third kappa shape index (κ3) is 3.54. The first-order chi connectivity index (χ1) is 15.1. The third-order valence-corrected chi connectivity index (χ3v) is 5.15. The number of benzene rings is 2. The molecule has 0 unspecified atom stereocenters. The Morgan fingerprint density at radius 2 is 1.84 bits per heavy atom. The molecule has 5 aromatic rings. The van der Waals surface area contributed by atoms with Crippen LogP contribution in [0.4, 0.5) is 14.6 Å². The highest BCUT2D eigenvalue weighted by atomic mass is 19.1. The Hall–Kier alpha value is -4.01. The summed E-state index contributed by atoms with van der Waals surface area (Å²) in [5.74, 6) is -0.667. The quantitative estimate of drug-likeness (QED) is 0.445. The van der Waals surface area contributed by atoms with E-state index in [4.69, 9.17) is 0 Å². The van der Waals surface area contributed by atoms with E-state index in [0.29, 0.717) is 46.6 Å². The number of hydrogen-bond donors (Lipinski definition) is 2. The molecule has 0 saturated carbocycles. The van der Waals surface area contributed by atoms with Gasteiger partial charge >= 0.3 is 0 Å². The number of nitrogens with zero attached hydrogens (tertiary/aromatic N) is 5. The Bertz CT molecular complexity index is 1390. The summed E-state index contributed by atoms with van der Waals surface area (Å²) in [6.45, 7) is 2.50. The second kappa shape index (κ2) is 7.67. The van der Waals surface area contributed by atoms with E-state index in [-0.39, 0.29) is 0 Å². The Labute approximate surface area is 175 Å². The zero-order valence-electron chi connectivity index (χ0n) is 16.5. The second-order valence-corrected chi connectivity index (χ2v) is 7.18. The number of rotatable bonds is 5. The van der Waals surface area contributed by atoms with E-state index in [9.17, 15) is 8.78 Å². The maximum atomic E-state index is 14.0. The average molecular weight is 417 g/mol. The van der Waals surface area contributed by atoms with Gasteiger partial charge in [-0.1, -0.05) is 6.07 Å². The summed E-state index contributed by atoms with van der Waals surface area (Å²) in [5.41, 5.74) is 4.91. The molecule has 31 heavy (non-hydrogen) atoms. The number of H-pyrrole nitrogens is 1. The van der Waals surface area contributed by atoms with Crippen LogP contribution >= 0.6 is 0 Å². The molecule has 0 amide bonds. The van der Waals surface area contributed by atoms with Crippen LogP contribution in [0, 0.1) is 18.6 Å². The van der Waals surface area contributed by atoms with E-state index in [2.05, 4.69) is 35.5 Å². The Balaban J connectivity index is 1.55. The first-order valence-corrected chi connectivity index (χ1v) is 9.68. The van der Waals surface area contributed by atoms with Crippen molar-refractivity contribution in [1.29, 1.82) is 0 Å². The summed E-state index contributed by atoms with van der Waals surface area (Å²) in [7, 11) is 0. The van der Waals surface area contributed by atoms with Crippen molar-refractivity contribution >= 4 is 27.9 Å². The van der Waals surface area contributed by atoms with Gasteiger partial charge in [0.1, 0.15) is 29.0 Å². The number of aromatic amines is 1. The van der Waals surface area contributed by atoms with Crippen molar-refractivity contribution in [3.05, 3.63) is 71.9 Å². The van der Waals surface area contributed by atoms with Crippen LogP contribution in [0.5, 0.6) is 0 Å². The third-order valence-electron chi connectivity index (χ3n) is 5.15. The molecule has 3 heterocycles. The Morgan fingerprint density at radius 1 is 1.00 bits per heavy atom. The van der Waals surface area contributed by atoms with Gasteiger partial charge in [-0.05, 0) is 48.2 Å². The molecule has 0 aliphatic rings. The van der Waals surface area contributed by atoms with Crippen molar-refractivity contribution in [1.82, 2.24) is 30.1 Å². The van der Waals surface area contributed by atoms with Gasteiger partial charge in [-0.15, -0.1) is 5.10 Å². The molecule has 7 nitrogen and oxygen atoms in total. The Kier molecular flexibility index (Phi) is 4.70. The number of halogens is 2. The van der Waals surface area contributed by atoms with Crippen molar-refractivity contribution in [2.75, 3.05) is 11.9 Å². The zero-order chi connectivity index (χ0) is 21.4. The van der Waals surface area contributed by atoms with Gasteiger partial charge in [-0.3, -0.25) is 0 Å². The minimum atomic E-state index is -0.640. The van der Waals surface area contributed by atoms with Gasteiger partial charge in [0, 0.05) is 23.6 Å². The molecule has 0 fully saturated rings. The fourth-order valence-corrected chi connectivity index (χ4v) is 3.83. The van der Waals surface area contributed by atoms with E-state index >= 15 is 0 Å². The number of anilines is 1. The highest BCUT2D eigenvalue weighted by Gasteiger charge is 2.16. The van der Waals surface area contributed by atoms with Crippen LogP contribution in [0.3, 0.4) is 0 Å². The van der Waals surface area contributed by atoms with Gasteiger partial charge in [0.25, 0.3) is 0 Å². The van der Waals surface area contributed by atoms with Gasteiger partial charge in [-0.2, -0.15) is 5.10 Å². The van der Waals surface area contributed by atoms with E-state index in [1.165, 1.54) is 18.5 Å². The van der Waals surface area contributed by atoms with Gasteiger partial charge in [-0.25, -0.2) is 23.7 Å². The molecule has 0 saturated heterocycles. The maximum absolute atomic E-state index is 14.0. The lowest BCUT2D eigenvalue weighted by Gasteiger charge is -2.15. The van der Waals surface area contributed by atoms with E-state index < -0.39 is 11.6 Å². The van der Waals surface area contributed by atoms with Crippen LogP contribution < -0.4 is 5.32 Å². The molecule has 2 N–H and O–H groups in total. The monoisotopic (exact) mass is 417 g/mol. The van der Waals surface area contributed by atoms with E-state index in [1.807, 2.05) is 19.1 Å². The summed E-state index contributed by atoms with van der Waals surface area (Å²) in [6.07, 6.45) is 5.19. The van der Waals surface area contributed by atoms with Gasteiger partial charge in [0.15, 0.2) is 11.5 Å². The Morgan fingerprint density at radius 3 is 2.68 bits per heavy atom. The van der Waals surface area contributed by atoms with Crippen LogP contribution in [0.25, 0.3) is 33.2 Å². The molecule has 0 aliphatic carbocycles. The summed E-state index contributed by atoms with van der Waals surface area (Å²) in [5, 5.41) is 12.5. The maximum Gasteiger partial charge on any atom is 0.162 e. The molecule has 0 atom stereocenters. The van der Waals surface area contributed by atoms with E-state index in [1.54, 1.807) is 12.5 Å². The average Bonchev–Trinajstić information content (AvgIpc) is 3.23. The molecular formula is C22H17F2N7. The van der Waals surface area contributed by atoms with Crippen molar-refractivity contribution in [2.45, 2.75) is 13.3 Å². The number of fused-ring (bicyclic) bond motifs is 2. The molecule has 9 heteroatoms. The molecule has 3 aromatic heterocycles. The van der Waals surface area contributed by atoms with Crippen molar-refractivity contribution in [2.24, 2.45) is 0 Å². The first-order valence-electron chi connectivity index (χ1n) is 9.68. The van der Waals surface area contributed by atoms with Gasteiger partial charge in [0.05, 0.1) is 12.5 Å². The standard InChI is InChI=1S/C22H17F2N7/c1-12-6-13(2-4-25-21-20-22(27-10-26-20)29-11-28-21)18(19-17(12)3-5-30-31-19)14-7-15(23)9-16(24)8-14/h3,5-11H,2,4H2,1H3,(H2,25,26,27,28,29). The summed E-state index contributed by atoms with van der Waals surface area (Å²) in [6, 6.07) is 7.37. The minimum absolute atomic E-state index is 0.426. The molecule has 2 aromatic carbocycles. The lowest BCUT2D eigenvalue weighted by molar-refractivity contribution is 0.584. The summed E-state index contributed by atoms with van der Waals surface area (Å²) >= 11 is 0. The topological polar surface area (TPSA) is 92.3 Å². The largest absolute Gasteiger partial charge is 0.368 e. The zero-order valence-corrected chi connectivity index (χ0v) is 16.5. The molecule has 5 rings (SSSR count). The first kappa shape index (κ1) is 19.0. The van der Waals surface area contributed by atoms with Crippen LogP contribution in [-0.4, -0.2) is 36.7 Å². The smallest absolute Gasteiger partial charge is 0.162 e. The number of aromatic nitrogens is 6. The van der Waals surface area contributed by atoms with Crippen LogP contribution in [0.1, 0.15) is 11.1 Å². The SMILES string of the molecule is Cc1cc(CCNc2ncnc3[nH]cnc23)c(-c2cc(F)cc(F)c2)c2nnccc12. The highest BCUT2D eigenvalue weighted by molar-refractivity contribution is 5.97. The normalized spacial score (nSPS) is 11.3. The lowest BCUT2D eigenvalue weighted by Crippen LogP contribution is -2.09. The fourth-order valence-electron chi connectivity index (χ4n) is 3.83. The van der Waals surface area contributed by atoms with Crippen LogP contribution in [-0.2, 0) is 6.42 Å². The van der Waals surface area contributed by atoms with Crippen molar-refractivity contribution in [3.8, 4) is 11.1 Å². The molecule has 0 spiro atoms. The summed E-state index contributed by atoms with van der Waals surface area (Å²) < 4.78 is 28.0. The molecule has 0 radical (unpaired) electrons. The van der Waals surface area contributed by atoms with Gasteiger partial charge < -0.3 is 10.3 Å². The molecule has 0 bridgehead atoms. The van der Waals surface area contributed by atoms with E-state index in [0.717, 1.165) is 22.6 Å². The molecular weight excluding hydrogens is 400 g/mol. The number of aryl methyl sites for hydroxylation is 1. The highest BCUT2D eigenvalue weighted by Crippen LogP contribution is 2.34.